The van der Waals surface area contributed by atoms with Crippen molar-refractivity contribution in [1.82, 2.24) is 19.4 Å². The molecule has 1 aliphatic heterocycles. The van der Waals surface area contributed by atoms with Gasteiger partial charge in [0.05, 0.1) is 6.33 Å². The smallest absolute Gasteiger partial charge is 0.274 e. The average molecular weight is 293 g/mol. The summed E-state index contributed by atoms with van der Waals surface area (Å²) in [7, 11) is 3.54. The highest BCUT2D eigenvalue weighted by atomic mass is 16.2. The van der Waals surface area contributed by atoms with Gasteiger partial charge >= 0.3 is 0 Å². The molecule has 0 bridgehead atoms. The summed E-state index contributed by atoms with van der Waals surface area (Å²) in [5, 5.41) is 0. The molecule has 0 aliphatic carbocycles. The molecule has 7 nitrogen and oxygen atoms in total. The Hall–Kier alpha value is -1.89. The Morgan fingerprint density at radius 1 is 1.38 bits per heavy atom. The third-order valence-corrected chi connectivity index (χ3v) is 3.81. The van der Waals surface area contributed by atoms with E-state index in [1.165, 1.54) is 0 Å². The van der Waals surface area contributed by atoms with Gasteiger partial charge in [-0.1, -0.05) is 0 Å². The molecule has 116 valence electrons. The van der Waals surface area contributed by atoms with Crippen LogP contribution in [-0.2, 0) is 11.3 Å². The van der Waals surface area contributed by atoms with E-state index in [-0.39, 0.29) is 17.7 Å². The molecule has 1 fully saturated rings. The SMILES string of the molecule is CN(C)C(=O)C1CCN(C(=O)c2cn(CCN)cn2)CC1. The standard InChI is InChI=1S/C14H23N5O2/c1-17(2)13(20)11-3-6-19(7-4-11)14(21)12-9-18(8-5-15)10-16-12/h9-11H,3-8,15H2,1-2H3. The lowest BCUT2D eigenvalue weighted by atomic mass is 9.95. The maximum atomic E-state index is 12.4. The van der Waals surface area contributed by atoms with Gasteiger partial charge in [-0.2, -0.15) is 0 Å². The zero-order valence-electron chi connectivity index (χ0n) is 12.7. The molecule has 0 unspecified atom stereocenters. The van der Waals surface area contributed by atoms with Gasteiger partial charge in [-0.15, -0.1) is 0 Å². The molecule has 0 saturated carbocycles. The van der Waals surface area contributed by atoms with Gasteiger partial charge < -0.3 is 20.1 Å². The Labute approximate surface area is 124 Å². The molecule has 7 heteroatoms. The second kappa shape index (κ2) is 6.71. The first-order chi connectivity index (χ1) is 10.0. The van der Waals surface area contributed by atoms with E-state index < -0.39 is 0 Å². The number of amides is 2. The van der Waals surface area contributed by atoms with Crippen LogP contribution in [0.25, 0.3) is 0 Å². The summed E-state index contributed by atoms with van der Waals surface area (Å²) in [6.45, 7) is 2.38. The summed E-state index contributed by atoms with van der Waals surface area (Å²) in [5.74, 6) is 0.106. The lowest BCUT2D eigenvalue weighted by Crippen LogP contribution is -2.42. The minimum Gasteiger partial charge on any atom is -0.349 e. The molecule has 0 atom stereocenters. The van der Waals surface area contributed by atoms with Crippen LogP contribution in [0, 0.1) is 5.92 Å². The van der Waals surface area contributed by atoms with E-state index in [0.717, 1.165) is 0 Å². The predicted octanol–water partition coefficient (Wildman–Crippen LogP) is -0.218. The van der Waals surface area contributed by atoms with Gasteiger partial charge in [0.1, 0.15) is 5.69 Å². The molecule has 21 heavy (non-hydrogen) atoms. The van der Waals surface area contributed by atoms with Crippen molar-refractivity contribution in [3.63, 3.8) is 0 Å². The van der Waals surface area contributed by atoms with Crippen LogP contribution in [0.2, 0.25) is 0 Å². The molecule has 1 aromatic heterocycles. The molecule has 0 aromatic carbocycles. The summed E-state index contributed by atoms with van der Waals surface area (Å²) in [5.41, 5.74) is 5.92. The van der Waals surface area contributed by atoms with Crippen molar-refractivity contribution in [2.45, 2.75) is 19.4 Å². The van der Waals surface area contributed by atoms with Crippen molar-refractivity contribution >= 4 is 11.8 Å². The first-order valence-corrected chi connectivity index (χ1v) is 7.25. The van der Waals surface area contributed by atoms with E-state index in [1.807, 2.05) is 4.57 Å². The molecule has 0 radical (unpaired) electrons. The summed E-state index contributed by atoms with van der Waals surface area (Å²) < 4.78 is 1.82. The number of aromatic nitrogens is 2. The molecule has 2 rings (SSSR count). The third kappa shape index (κ3) is 3.60. The first kappa shape index (κ1) is 15.5. The fourth-order valence-electron chi connectivity index (χ4n) is 2.60. The van der Waals surface area contributed by atoms with Crippen LogP contribution >= 0.6 is 0 Å². The fourth-order valence-corrected chi connectivity index (χ4v) is 2.60. The van der Waals surface area contributed by atoms with Gasteiger partial charge in [-0.3, -0.25) is 9.59 Å². The van der Waals surface area contributed by atoms with Gasteiger partial charge in [-0.25, -0.2) is 4.98 Å². The number of likely N-dealkylation sites (tertiary alicyclic amines) is 1. The number of rotatable bonds is 4. The monoisotopic (exact) mass is 293 g/mol. The molecule has 2 amide bonds. The minimum atomic E-state index is -0.0680. The van der Waals surface area contributed by atoms with Crippen molar-refractivity contribution in [1.29, 1.82) is 0 Å². The van der Waals surface area contributed by atoms with Crippen LogP contribution in [-0.4, -0.2) is 64.9 Å². The minimum absolute atomic E-state index is 0.0267. The van der Waals surface area contributed by atoms with E-state index in [9.17, 15) is 9.59 Å². The highest BCUT2D eigenvalue weighted by Gasteiger charge is 2.29. The normalized spacial score (nSPS) is 16.0. The van der Waals surface area contributed by atoms with Crippen molar-refractivity contribution in [3.8, 4) is 0 Å². The molecule has 2 heterocycles. The second-order valence-corrected chi connectivity index (χ2v) is 5.58. The topological polar surface area (TPSA) is 84.5 Å². The first-order valence-electron chi connectivity index (χ1n) is 7.25. The molecule has 1 saturated heterocycles. The number of hydrogen-bond acceptors (Lipinski definition) is 4. The van der Waals surface area contributed by atoms with Crippen LogP contribution in [0.15, 0.2) is 12.5 Å². The third-order valence-electron chi connectivity index (χ3n) is 3.81. The molecular formula is C14H23N5O2. The second-order valence-electron chi connectivity index (χ2n) is 5.58. The summed E-state index contributed by atoms with van der Waals surface area (Å²) in [6, 6.07) is 0. The Morgan fingerprint density at radius 2 is 2.05 bits per heavy atom. The van der Waals surface area contributed by atoms with E-state index in [4.69, 9.17) is 5.73 Å². The van der Waals surface area contributed by atoms with Crippen LogP contribution in [0.4, 0.5) is 0 Å². The summed E-state index contributed by atoms with van der Waals surface area (Å²) in [4.78, 5) is 31.8. The van der Waals surface area contributed by atoms with Crippen LogP contribution in [0.1, 0.15) is 23.3 Å². The van der Waals surface area contributed by atoms with E-state index in [0.29, 0.717) is 44.7 Å². The molecule has 1 aliphatic rings. The Bertz CT molecular complexity index is 503. The maximum absolute atomic E-state index is 12.4. The Kier molecular flexibility index (Phi) is 4.95. The number of piperidine rings is 1. The lowest BCUT2D eigenvalue weighted by molar-refractivity contribution is -0.134. The fraction of sp³-hybridized carbons (Fsp3) is 0.643. The van der Waals surface area contributed by atoms with Crippen molar-refractivity contribution < 1.29 is 9.59 Å². The maximum Gasteiger partial charge on any atom is 0.274 e. The number of carbonyl (C=O) groups excluding carboxylic acids is 2. The van der Waals surface area contributed by atoms with Gasteiger partial charge in [-0.05, 0) is 12.8 Å². The number of nitrogens with two attached hydrogens (primary N) is 1. The Balaban J connectivity index is 1.92. The van der Waals surface area contributed by atoms with Crippen LogP contribution in [0.5, 0.6) is 0 Å². The van der Waals surface area contributed by atoms with Crippen molar-refractivity contribution in [2.75, 3.05) is 33.7 Å². The quantitative estimate of drug-likeness (QED) is 0.832. The zero-order chi connectivity index (χ0) is 15.4. The number of imidazole rings is 1. The molecular weight excluding hydrogens is 270 g/mol. The van der Waals surface area contributed by atoms with Crippen LogP contribution < -0.4 is 5.73 Å². The van der Waals surface area contributed by atoms with E-state index in [1.54, 1.807) is 36.4 Å². The number of hydrogen-bond donors (Lipinski definition) is 1. The van der Waals surface area contributed by atoms with Crippen molar-refractivity contribution in [3.05, 3.63) is 18.2 Å². The highest BCUT2D eigenvalue weighted by molar-refractivity contribution is 5.92. The van der Waals surface area contributed by atoms with Gasteiger partial charge in [0.25, 0.3) is 5.91 Å². The molecule has 2 N–H and O–H groups in total. The Morgan fingerprint density at radius 3 is 2.62 bits per heavy atom. The predicted molar refractivity (Wildman–Crippen MR) is 78.6 cm³/mol. The number of carbonyl (C=O) groups is 2. The van der Waals surface area contributed by atoms with E-state index >= 15 is 0 Å². The lowest BCUT2D eigenvalue weighted by Gasteiger charge is -2.32. The van der Waals surface area contributed by atoms with Crippen molar-refractivity contribution in [2.24, 2.45) is 11.7 Å². The van der Waals surface area contributed by atoms with Gasteiger partial charge in [0.2, 0.25) is 5.91 Å². The van der Waals surface area contributed by atoms with E-state index in [2.05, 4.69) is 4.98 Å². The van der Waals surface area contributed by atoms with Gasteiger partial charge in [0.15, 0.2) is 0 Å². The van der Waals surface area contributed by atoms with Crippen LogP contribution in [0.3, 0.4) is 0 Å². The average Bonchev–Trinajstić information content (AvgIpc) is 2.95. The summed E-state index contributed by atoms with van der Waals surface area (Å²) in [6.07, 6.45) is 4.78. The molecule has 0 spiro atoms. The summed E-state index contributed by atoms with van der Waals surface area (Å²) >= 11 is 0. The largest absolute Gasteiger partial charge is 0.349 e. The number of nitrogens with zero attached hydrogens (tertiary/aromatic N) is 4. The molecule has 1 aromatic rings. The highest BCUT2D eigenvalue weighted by Crippen LogP contribution is 2.20. The van der Waals surface area contributed by atoms with Gasteiger partial charge in [0, 0.05) is 52.4 Å². The zero-order valence-corrected chi connectivity index (χ0v) is 12.7.